The molecule has 0 fully saturated rings. The summed E-state index contributed by atoms with van der Waals surface area (Å²) < 4.78 is 3.26. The van der Waals surface area contributed by atoms with Crippen LogP contribution in [0.25, 0.3) is 27.8 Å². The largest absolute Gasteiger partial charge is 0.340 e. The summed E-state index contributed by atoms with van der Waals surface area (Å²) in [5.74, 6) is -0.424. The fourth-order valence-corrected chi connectivity index (χ4v) is 4.64. The Balaban J connectivity index is 1.50. The van der Waals surface area contributed by atoms with Gasteiger partial charge >= 0.3 is 0 Å². The minimum Gasteiger partial charge on any atom is -0.340 e. The number of aromatic nitrogens is 1. The minimum absolute atomic E-state index is 0.0628. The maximum atomic E-state index is 13.0. The van der Waals surface area contributed by atoms with Gasteiger partial charge in [-0.05, 0) is 59.7 Å². The molecule has 1 aromatic heterocycles. The van der Waals surface area contributed by atoms with Crippen LogP contribution in [0, 0.1) is 18.3 Å². The van der Waals surface area contributed by atoms with E-state index in [2.05, 4.69) is 50.1 Å². The van der Waals surface area contributed by atoms with Gasteiger partial charge < -0.3 is 9.88 Å². The molecular formula is C30H22BrN3O. The predicted octanol–water partition coefficient (Wildman–Crippen LogP) is 7.46. The van der Waals surface area contributed by atoms with Gasteiger partial charge in [-0.25, -0.2) is 0 Å². The van der Waals surface area contributed by atoms with Gasteiger partial charge in [0.25, 0.3) is 5.91 Å². The number of hydrogen-bond donors (Lipinski definition) is 1. The first-order chi connectivity index (χ1) is 17.0. The van der Waals surface area contributed by atoms with E-state index in [1.54, 1.807) is 6.08 Å². The van der Waals surface area contributed by atoms with Crippen LogP contribution in [-0.4, -0.2) is 10.5 Å². The van der Waals surface area contributed by atoms with Gasteiger partial charge in [0.05, 0.1) is 0 Å². The van der Waals surface area contributed by atoms with Crippen molar-refractivity contribution in [3.63, 3.8) is 0 Å². The third-order valence-electron chi connectivity index (χ3n) is 6.19. The Labute approximate surface area is 212 Å². The molecule has 1 heterocycles. The molecule has 4 nitrogen and oxygen atoms in total. The topological polar surface area (TPSA) is 57.8 Å². The van der Waals surface area contributed by atoms with Crippen molar-refractivity contribution in [1.82, 2.24) is 4.57 Å². The van der Waals surface area contributed by atoms with Crippen molar-refractivity contribution in [2.45, 2.75) is 13.5 Å². The van der Waals surface area contributed by atoms with Crippen LogP contribution in [0.1, 0.15) is 16.8 Å². The Morgan fingerprint density at radius 3 is 2.46 bits per heavy atom. The van der Waals surface area contributed by atoms with Gasteiger partial charge in [0, 0.05) is 38.9 Å². The smallest absolute Gasteiger partial charge is 0.266 e. The van der Waals surface area contributed by atoms with Gasteiger partial charge in [-0.2, -0.15) is 5.26 Å². The first-order valence-corrected chi connectivity index (χ1v) is 12.1. The highest BCUT2D eigenvalue weighted by Crippen LogP contribution is 2.29. The highest BCUT2D eigenvalue weighted by Gasteiger charge is 2.16. The van der Waals surface area contributed by atoms with Crippen molar-refractivity contribution in [2.75, 3.05) is 5.32 Å². The normalized spacial score (nSPS) is 11.5. The zero-order valence-corrected chi connectivity index (χ0v) is 20.7. The Morgan fingerprint density at radius 2 is 1.69 bits per heavy atom. The minimum atomic E-state index is -0.424. The van der Waals surface area contributed by atoms with Crippen LogP contribution in [0.3, 0.4) is 0 Å². The second-order valence-electron chi connectivity index (χ2n) is 8.41. The van der Waals surface area contributed by atoms with E-state index in [1.807, 2.05) is 79.7 Å². The van der Waals surface area contributed by atoms with Crippen molar-refractivity contribution < 1.29 is 4.79 Å². The van der Waals surface area contributed by atoms with Gasteiger partial charge in [-0.3, -0.25) is 4.79 Å². The highest BCUT2D eigenvalue weighted by atomic mass is 79.9. The first-order valence-electron chi connectivity index (χ1n) is 11.3. The Morgan fingerprint density at radius 1 is 0.971 bits per heavy atom. The van der Waals surface area contributed by atoms with Crippen LogP contribution in [0.4, 0.5) is 5.69 Å². The number of carbonyl (C=O) groups excluding carboxylic acids is 1. The zero-order chi connectivity index (χ0) is 24.4. The van der Waals surface area contributed by atoms with Crippen LogP contribution in [0.2, 0.25) is 0 Å². The lowest BCUT2D eigenvalue weighted by Crippen LogP contribution is -2.13. The Hall–Kier alpha value is -4.14. The van der Waals surface area contributed by atoms with Gasteiger partial charge in [0.1, 0.15) is 11.6 Å². The second kappa shape index (κ2) is 9.61. The number of amides is 1. The summed E-state index contributed by atoms with van der Waals surface area (Å²) in [7, 11) is 0. The molecule has 0 aliphatic carbocycles. The number of benzene rings is 4. The van der Waals surface area contributed by atoms with E-state index in [0.717, 1.165) is 37.4 Å². The summed E-state index contributed by atoms with van der Waals surface area (Å²) in [6.45, 7) is 2.72. The van der Waals surface area contributed by atoms with E-state index < -0.39 is 5.91 Å². The van der Waals surface area contributed by atoms with E-state index in [0.29, 0.717) is 12.2 Å². The Kier molecular flexibility index (Phi) is 6.22. The molecule has 170 valence electrons. The molecule has 0 saturated heterocycles. The summed E-state index contributed by atoms with van der Waals surface area (Å²) in [4.78, 5) is 13.0. The van der Waals surface area contributed by atoms with E-state index in [1.165, 1.54) is 5.56 Å². The van der Waals surface area contributed by atoms with Crippen LogP contribution in [-0.2, 0) is 11.3 Å². The third-order valence-corrected chi connectivity index (χ3v) is 6.72. The van der Waals surface area contributed by atoms with Crippen molar-refractivity contribution in [3.05, 3.63) is 118 Å². The number of carbonyl (C=O) groups is 1. The highest BCUT2D eigenvalue weighted by molar-refractivity contribution is 9.10. The summed E-state index contributed by atoms with van der Waals surface area (Å²) in [5, 5.41) is 15.9. The number of nitrogens with zero attached hydrogens (tertiary/aromatic N) is 2. The van der Waals surface area contributed by atoms with E-state index in [9.17, 15) is 10.1 Å². The van der Waals surface area contributed by atoms with Crippen LogP contribution < -0.4 is 5.32 Å². The van der Waals surface area contributed by atoms with Gasteiger partial charge in [-0.15, -0.1) is 0 Å². The number of para-hydroxylation sites is 1. The fourth-order valence-electron chi connectivity index (χ4n) is 4.37. The summed E-state index contributed by atoms with van der Waals surface area (Å²) in [6, 6.07) is 32.1. The lowest BCUT2D eigenvalue weighted by atomic mass is 10.1. The average Bonchev–Trinajstić information content (AvgIpc) is 3.14. The van der Waals surface area contributed by atoms with Gasteiger partial charge in [0.2, 0.25) is 0 Å². The molecule has 5 heteroatoms. The molecule has 0 spiro atoms. The summed E-state index contributed by atoms with van der Waals surface area (Å²) in [5.41, 5.74) is 4.83. The Bertz CT molecular complexity index is 1640. The second-order valence-corrected chi connectivity index (χ2v) is 9.33. The predicted molar refractivity (Wildman–Crippen MR) is 146 cm³/mol. The van der Waals surface area contributed by atoms with Crippen molar-refractivity contribution in [2.24, 2.45) is 0 Å². The third kappa shape index (κ3) is 4.62. The number of halogens is 1. The fraction of sp³-hybridized carbons (Fsp3) is 0.0667. The van der Waals surface area contributed by atoms with Gasteiger partial charge in [0.15, 0.2) is 0 Å². The van der Waals surface area contributed by atoms with E-state index in [4.69, 9.17) is 0 Å². The molecule has 5 rings (SSSR count). The van der Waals surface area contributed by atoms with Crippen LogP contribution in [0.15, 0.2) is 101 Å². The lowest BCUT2D eigenvalue weighted by molar-refractivity contribution is -0.112. The number of hydrogen-bond acceptors (Lipinski definition) is 2. The van der Waals surface area contributed by atoms with Crippen LogP contribution >= 0.6 is 15.9 Å². The quantitative estimate of drug-likeness (QED) is 0.193. The standard InChI is InChI=1S/C30H22BrN3O/c1-20-28(27-8-4-5-9-29(27)34(20)19-21-10-13-25(31)14-11-21)17-24(18-32)30(35)33-26-15-12-22-6-2-3-7-23(22)16-26/h2-17H,19H2,1H3,(H,33,35). The van der Waals surface area contributed by atoms with Crippen molar-refractivity contribution in [3.8, 4) is 6.07 Å². The molecule has 1 N–H and O–H groups in total. The molecule has 0 radical (unpaired) electrons. The number of rotatable bonds is 5. The number of anilines is 1. The first kappa shape index (κ1) is 22.6. The van der Waals surface area contributed by atoms with E-state index >= 15 is 0 Å². The molecule has 0 unspecified atom stereocenters. The molecule has 5 aromatic rings. The SMILES string of the molecule is Cc1c(C=C(C#N)C(=O)Nc2ccc3ccccc3c2)c2ccccc2n1Cc1ccc(Br)cc1. The number of nitrogens with one attached hydrogen (secondary N) is 1. The maximum absolute atomic E-state index is 13.0. The maximum Gasteiger partial charge on any atom is 0.266 e. The molecular weight excluding hydrogens is 498 g/mol. The van der Waals surface area contributed by atoms with Crippen molar-refractivity contribution in [1.29, 1.82) is 5.26 Å². The summed E-state index contributed by atoms with van der Waals surface area (Å²) in [6.07, 6.45) is 1.70. The van der Waals surface area contributed by atoms with E-state index in [-0.39, 0.29) is 5.57 Å². The van der Waals surface area contributed by atoms with Crippen molar-refractivity contribution >= 4 is 55.3 Å². The molecule has 0 bridgehead atoms. The monoisotopic (exact) mass is 519 g/mol. The average molecular weight is 520 g/mol. The molecule has 35 heavy (non-hydrogen) atoms. The molecule has 0 saturated carbocycles. The van der Waals surface area contributed by atoms with Crippen LogP contribution in [0.5, 0.6) is 0 Å². The number of fused-ring (bicyclic) bond motifs is 2. The number of nitriles is 1. The molecule has 0 atom stereocenters. The van der Waals surface area contributed by atoms with Gasteiger partial charge in [-0.1, -0.05) is 76.6 Å². The molecule has 4 aromatic carbocycles. The summed E-state index contributed by atoms with van der Waals surface area (Å²) >= 11 is 3.49. The molecule has 0 aliphatic heterocycles. The molecule has 1 amide bonds. The zero-order valence-electron chi connectivity index (χ0n) is 19.1. The molecule has 0 aliphatic rings. The lowest BCUT2D eigenvalue weighted by Gasteiger charge is -2.09.